The number of benzene rings is 2. The van der Waals surface area contributed by atoms with Crippen LogP contribution in [0.3, 0.4) is 0 Å². The van der Waals surface area contributed by atoms with E-state index in [2.05, 4.69) is 20.8 Å². The van der Waals surface area contributed by atoms with E-state index in [1.54, 1.807) is 18.2 Å². The van der Waals surface area contributed by atoms with Gasteiger partial charge in [0.15, 0.2) is 0 Å². The van der Waals surface area contributed by atoms with Gasteiger partial charge in [0.05, 0.1) is 0 Å². The van der Waals surface area contributed by atoms with Crippen molar-refractivity contribution in [3.05, 3.63) is 57.3 Å². The fourth-order valence-electron chi connectivity index (χ4n) is 1.90. The summed E-state index contributed by atoms with van der Waals surface area (Å²) in [5.74, 6) is 0. The molecule has 0 saturated heterocycles. The number of hydrogen-bond donors (Lipinski definition) is 2. The third kappa shape index (κ3) is 2.99. The zero-order chi connectivity index (χ0) is 15.8. The molecule has 0 bridgehead atoms. The second kappa shape index (κ2) is 5.47. The van der Waals surface area contributed by atoms with E-state index in [-0.39, 0.29) is 11.0 Å². The predicted octanol–water partition coefficient (Wildman–Crippen LogP) is 4.25. The number of hydrogen-bond acceptors (Lipinski definition) is 1. The Morgan fingerprint density at radius 3 is 2.48 bits per heavy atom. The lowest BCUT2D eigenvalue weighted by Gasteiger charge is -2.19. The molecule has 0 aliphatic rings. The van der Waals surface area contributed by atoms with Gasteiger partial charge in [-0.2, -0.15) is 8.78 Å². The molecule has 0 aromatic heterocycles. The first-order valence-electron chi connectivity index (χ1n) is 5.66. The van der Waals surface area contributed by atoms with Crippen LogP contribution in [0.4, 0.5) is 8.78 Å². The van der Waals surface area contributed by atoms with E-state index in [0.717, 1.165) is 6.07 Å². The lowest BCUT2D eigenvalue weighted by Crippen LogP contribution is -2.14. The highest BCUT2D eigenvalue weighted by molar-refractivity contribution is 9.10. The van der Waals surface area contributed by atoms with Gasteiger partial charge in [0.1, 0.15) is 0 Å². The molecule has 0 saturated carbocycles. The standard InChI is InChI=1S/C13H9BrF2NO3P/c1-17-7-8-2-3-9-6-12(14)11(5-10(9)4-8)13(15,16)21(18,19)20/h2-6H,7H2,(H2,18,19,20). The fourth-order valence-corrected chi connectivity index (χ4v) is 3.16. The molecule has 2 N–H and O–H groups in total. The van der Waals surface area contributed by atoms with Crippen molar-refractivity contribution in [1.82, 2.24) is 0 Å². The monoisotopic (exact) mass is 375 g/mol. The van der Waals surface area contributed by atoms with Gasteiger partial charge in [0, 0.05) is 15.6 Å². The van der Waals surface area contributed by atoms with Crippen LogP contribution in [0.2, 0.25) is 0 Å². The normalized spacial score (nSPS) is 12.4. The summed E-state index contributed by atoms with van der Waals surface area (Å²) in [5.41, 5.74) is -4.41. The number of fused-ring (bicyclic) bond motifs is 1. The summed E-state index contributed by atoms with van der Waals surface area (Å²) in [5, 5.41) is 1.02. The lowest BCUT2D eigenvalue weighted by atomic mass is 10.0. The highest BCUT2D eigenvalue weighted by Gasteiger charge is 2.51. The average molecular weight is 376 g/mol. The first-order valence-corrected chi connectivity index (χ1v) is 8.06. The lowest BCUT2D eigenvalue weighted by molar-refractivity contribution is 0.0559. The van der Waals surface area contributed by atoms with Crippen LogP contribution in [0.15, 0.2) is 34.8 Å². The number of rotatable bonds is 3. The van der Waals surface area contributed by atoms with Gasteiger partial charge in [0.25, 0.3) is 0 Å². The Hall–Kier alpha value is -1.32. The van der Waals surface area contributed by atoms with E-state index >= 15 is 0 Å². The molecule has 21 heavy (non-hydrogen) atoms. The maximum atomic E-state index is 13.9. The van der Waals surface area contributed by atoms with E-state index in [1.807, 2.05) is 0 Å². The summed E-state index contributed by atoms with van der Waals surface area (Å²) in [6.45, 7) is 6.91. The maximum Gasteiger partial charge on any atom is 0.399 e. The molecule has 0 aliphatic carbocycles. The molecule has 0 atom stereocenters. The topological polar surface area (TPSA) is 61.9 Å². The van der Waals surface area contributed by atoms with Crippen molar-refractivity contribution in [3.8, 4) is 0 Å². The van der Waals surface area contributed by atoms with Crippen molar-refractivity contribution in [1.29, 1.82) is 0 Å². The Labute approximate surface area is 127 Å². The molecule has 2 aromatic carbocycles. The van der Waals surface area contributed by atoms with E-state index in [1.165, 1.54) is 6.07 Å². The average Bonchev–Trinajstić information content (AvgIpc) is 2.37. The van der Waals surface area contributed by atoms with Crippen LogP contribution in [0.25, 0.3) is 15.6 Å². The molecule has 0 unspecified atom stereocenters. The van der Waals surface area contributed by atoms with Crippen LogP contribution in [0, 0.1) is 6.57 Å². The van der Waals surface area contributed by atoms with Crippen molar-refractivity contribution >= 4 is 34.3 Å². The first-order chi connectivity index (χ1) is 9.66. The molecule has 110 valence electrons. The number of alkyl halides is 2. The SMILES string of the molecule is [C-]#[N+]Cc1ccc2cc(Br)c(C(F)(F)P(=O)(O)O)cc2c1. The molecule has 0 amide bonds. The van der Waals surface area contributed by atoms with E-state index < -0.39 is 18.8 Å². The van der Waals surface area contributed by atoms with E-state index in [0.29, 0.717) is 16.3 Å². The second-order valence-electron chi connectivity index (χ2n) is 4.42. The zero-order valence-corrected chi connectivity index (χ0v) is 12.9. The van der Waals surface area contributed by atoms with Gasteiger partial charge in [-0.1, -0.05) is 28.1 Å². The Morgan fingerprint density at radius 1 is 1.24 bits per heavy atom. The minimum absolute atomic E-state index is 0.0822. The van der Waals surface area contributed by atoms with Crippen LogP contribution < -0.4 is 0 Å². The van der Waals surface area contributed by atoms with Gasteiger partial charge < -0.3 is 14.6 Å². The highest BCUT2D eigenvalue weighted by Crippen LogP contribution is 2.60. The first kappa shape index (κ1) is 16.1. The summed E-state index contributed by atoms with van der Waals surface area (Å²) in [6, 6.07) is 7.33. The second-order valence-corrected chi connectivity index (χ2v) is 6.92. The zero-order valence-electron chi connectivity index (χ0n) is 10.4. The van der Waals surface area contributed by atoms with Crippen LogP contribution in [-0.2, 0) is 16.8 Å². The molecule has 0 heterocycles. The van der Waals surface area contributed by atoms with E-state index in [9.17, 15) is 13.3 Å². The number of nitrogens with zero attached hydrogens (tertiary/aromatic N) is 1. The van der Waals surface area contributed by atoms with Gasteiger partial charge in [-0.05, 0) is 29.0 Å². The summed E-state index contributed by atoms with van der Waals surface area (Å²) in [6.07, 6.45) is 0. The molecule has 0 aliphatic heterocycles. The Balaban J connectivity index is 2.68. The summed E-state index contributed by atoms with van der Waals surface area (Å²) in [4.78, 5) is 20.9. The molecular formula is C13H9BrF2NO3P. The van der Waals surface area contributed by atoms with Gasteiger partial charge in [-0.3, -0.25) is 4.57 Å². The van der Waals surface area contributed by atoms with Crippen molar-refractivity contribution in [2.45, 2.75) is 12.2 Å². The molecule has 2 aromatic rings. The highest BCUT2D eigenvalue weighted by atomic mass is 79.9. The van der Waals surface area contributed by atoms with Gasteiger partial charge >= 0.3 is 13.3 Å². The van der Waals surface area contributed by atoms with Crippen LogP contribution in [0.5, 0.6) is 0 Å². The predicted molar refractivity (Wildman–Crippen MR) is 77.9 cm³/mol. The molecule has 4 nitrogen and oxygen atoms in total. The fraction of sp³-hybridized carbons (Fsp3) is 0.154. The minimum atomic E-state index is -5.63. The van der Waals surface area contributed by atoms with Crippen molar-refractivity contribution in [3.63, 3.8) is 0 Å². The minimum Gasteiger partial charge on any atom is -0.320 e. The third-order valence-corrected chi connectivity index (χ3v) is 4.57. The largest absolute Gasteiger partial charge is 0.399 e. The Bertz CT molecular complexity index is 798. The summed E-state index contributed by atoms with van der Waals surface area (Å²) >= 11 is 2.92. The molecule has 8 heteroatoms. The molecular weight excluding hydrogens is 367 g/mol. The van der Waals surface area contributed by atoms with Gasteiger partial charge in [0.2, 0.25) is 6.54 Å². The quantitative estimate of drug-likeness (QED) is 0.622. The summed E-state index contributed by atoms with van der Waals surface area (Å²) < 4.78 is 38.6. The third-order valence-electron chi connectivity index (χ3n) is 2.94. The van der Waals surface area contributed by atoms with Crippen LogP contribution in [-0.4, -0.2) is 9.79 Å². The smallest absolute Gasteiger partial charge is 0.320 e. The van der Waals surface area contributed by atoms with Crippen molar-refractivity contribution in [2.24, 2.45) is 0 Å². The van der Waals surface area contributed by atoms with Gasteiger partial charge in [-0.25, -0.2) is 6.57 Å². The Morgan fingerprint density at radius 2 is 1.90 bits per heavy atom. The molecule has 0 radical (unpaired) electrons. The van der Waals surface area contributed by atoms with Gasteiger partial charge in [-0.15, -0.1) is 0 Å². The van der Waals surface area contributed by atoms with Crippen molar-refractivity contribution in [2.75, 3.05) is 0 Å². The van der Waals surface area contributed by atoms with Crippen molar-refractivity contribution < 1.29 is 23.1 Å². The maximum absolute atomic E-state index is 13.9. The van der Waals surface area contributed by atoms with Crippen LogP contribution >= 0.6 is 23.5 Å². The number of halogens is 3. The molecule has 0 spiro atoms. The van der Waals surface area contributed by atoms with Crippen LogP contribution in [0.1, 0.15) is 11.1 Å². The van der Waals surface area contributed by atoms with E-state index in [4.69, 9.17) is 16.4 Å². The summed E-state index contributed by atoms with van der Waals surface area (Å²) in [7, 11) is -5.63. The molecule has 0 fully saturated rings. The molecule has 2 rings (SSSR count). The Kier molecular flexibility index (Phi) is 4.18.